The van der Waals surface area contributed by atoms with Crippen molar-refractivity contribution in [3.8, 4) is 0 Å². The number of nitrogens with zero attached hydrogens (tertiary/aromatic N) is 3. The van der Waals surface area contributed by atoms with Crippen molar-refractivity contribution in [2.24, 2.45) is 0 Å². The fourth-order valence-corrected chi connectivity index (χ4v) is 2.11. The summed E-state index contributed by atoms with van der Waals surface area (Å²) < 4.78 is 4.57. The molecule has 0 radical (unpaired) electrons. The van der Waals surface area contributed by atoms with Crippen molar-refractivity contribution in [1.29, 1.82) is 0 Å². The lowest BCUT2D eigenvalue weighted by Crippen LogP contribution is -2.22. The molecular formula is C14H15N3O4. The van der Waals surface area contributed by atoms with E-state index in [9.17, 15) is 14.9 Å². The zero-order valence-corrected chi connectivity index (χ0v) is 11.8. The number of hydrogen-bond donors (Lipinski definition) is 0. The van der Waals surface area contributed by atoms with Gasteiger partial charge in [0.2, 0.25) is 0 Å². The average molecular weight is 289 g/mol. The molecule has 0 aliphatic heterocycles. The first-order valence-electron chi connectivity index (χ1n) is 6.34. The van der Waals surface area contributed by atoms with E-state index in [0.29, 0.717) is 23.1 Å². The lowest BCUT2D eigenvalue weighted by Gasteiger charge is -2.19. The first-order chi connectivity index (χ1) is 10.0. The van der Waals surface area contributed by atoms with Crippen LogP contribution in [0.3, 0.4) is 0 Å². The molecule has 0 aliphatic rings. The van der Waals surface area contributed by atoms with E-state index in [1.807, 2.05) is 0 Å². The average Bonchev–Trinajstić information content (AvgIpc) is 2.50. The van der Waals surface area contributed by atoms with Crippen LogP contribution < -0.4 is 4.90 Å². The van der Waals surface area contributed by atoms with E-state index in [1.165, 1.54) is 7.11 Å². The predicted octanol–water partition coefficient (Wildman–Crippen LogP) is 2.14. The Kier molecular flexibility index (Phi) is 4.32. The van der Waals surface area contributed by atoms with Crippen LogP contribution in [0.1, 0.15) is 6.42 Å². The van der Waals surface area contributed by atoms with Crippen LogP contribution in [0.25, 0.3) is 10.9 Å². The Morgan fingerprint density at radius 1 is 1.43 bits per heavy atom. The van der Waals surface area contributed by atoms with Crippen molar-refractivity contribution in [3.05, 3.63) is 40.6 Å². The summed E-state index contributed by atoms with van der Waals surface area (Å²) in [7, 11) is 3.01. The number of anilines is 1. The number of pyridine rings is 1. The normalized spacial score (nSPS) is 10.4. The molecule has 2 aromatic rings. The molecule has 0 saturated heterocycles. The highest BCUT2D eigenvalue weighted by Crippen LogP contribution is 2.34. The number of aromatic nitrogens is 1. The molecule has 0 amide bonds. The van der Waals surface area contributed by atoms with Crippen molar-refractivity contribution in [1.82, 2.24) is 4.98 Å². The van der Waals surface area contributed by atoms with E-state index in [2.05, 4.69) is 9.72 Å². The molecule has 0 saturated carbocycles. The quantitative estimate of drug-likeness (QED) is 0.476. The zero-order chi connectivity index (χ0) is 15.4. The van der Waals surface area contributed by atoms with Gasteiger partial charge in [-0.2, -0.15) is 0 Å². The Hall–Kier alpha value is -2.70. The molecule has 0 aliphatic carbocycles. The maximum atomic E-state index is 11.4. The summed E-state index contributed by atoms with van der Waals surface area (Å²) in [4.78, 5) is 27.9. The first-order valence-corrected chi connectivity index (χ1v) is 6.34. The van der Waals surface area contributed by atoms with Crippen LogP contribution in [0, 0.1) is 10.1 Å². The number of ether oxygens (including phenoxy) is 1. The summed E-state index contributed by atoms with van der Waals surface area (Å²) in [6, 6.07) is 6.70. The number of carbonyl (C=O) groups is 1. The number of rotatable bonds is 5. The molecule has 1 heterocycles. The van der Waals surface area contributed by atoms with Gasteiger partial charge in [-0.1, -0.05) is 0 Å². The van der Waals surface area contributed by atoms with E-state index in [0.717, 1.165) is 0 Å². The second kappa shape index (κ2) is 6.17. The molecule has 21 heavy (non-hydrogen) atoms. The molecule has 2 rings (SSSR count). The number of benzene rings is 1. The van der Waals surface area contributed by atoms with Gasteiger partial charge in [0, 0.05) is 19.8 Å². The van der Waals surface area contributed by atoms with Gasteiger partial charge in [-0.3, -0.25) is 19.9 Å². The minimum absolute atomic E-state index is 0.00651. The lowest BCUT2D eigenvalue weighted by atomic mass is 10.1. The third-order valence-corrected chi connectivity index (χ3v) is 3.21. The summed E-state index contributed by atoms with van der Waals surface area (Å²) in [5.74, 6) is -0.355. The highest BCUT2D eigenvalue weighted by Gasteiger charge is 2.21. The number of methoxy groups -OCH3 is 1. The molecule has 7 nitrogen and oxygen atoms in total. The molecular weight excluding hydrogens is 274 g/mol. The maximum Gasteiger partial charge on any atom is 0.307 e. The van der Waals surface area contributed by atoms with Gasteiger partial charge in [0.15, 0.2) is 0 Å². The molecule has 0 atom stereocenters. The fourth-order valence-electron chi connectivity index (χ4n) is 2.11. The predicted molar refractivity (Wildman–Crippen MR) is 78.3 cm³/mol. The van der Waals surface area contributed by atoms with Crippen molar-refractivity contribution < 1.29 is 14.5 Å². The van der Waals surface area contributed by atoms with Gasteiger partial charge < -0.3 is 9.64 Å². The molecule has 7 heteroatoms. The number of nitro groups is 1. The van der Waals surface area contributed by atoms with Crippen molar-refractivity contribution in [3.63, 3.8) is 0 Å². The number of carbonyl (C=O) groups excluding carboxylic acids is 1. The monoisotopic (exact) mass is 289 g/mol. The summed E-state index contributed by atoms with van der Waals surface area (Å²) >= 11 is 0. The van der Waals surface area contributed by atoms with E-state index >= 15 is 0 Å². The molecule has 0 unspecified atom stereocenters. The Bertz CT molecular complexity index is 687. The van der Waals surface area contributed by atoms with Crippen molar-refractivity contribution in [2.75, 3.05) is 25.6 Å². The van der Waals surface area contributed by atoms with Gasteiger partial charge in [0.1, 0.15) is 5.69 Å². The van der Waals surface area contributed by atoms with Crippen molar-refractivity contribution in [2.45, 2.75) is 6.42 Å². The molecule has 0 fully saturated rings. The van der Waals surface area contributed by atoms with E-state index in [-0.39, 0.29) is 18.1 Å². The standard InChI is InChI=1S/C14H15N3O4/c1-16(9-7-13(18)21-2)12-6-5-11-10(4-3-8-15-11)14(12)17(19)20/h3-6,8H,7,9H2,1-2H3. The summed E-state index contributed by atoms with van der Waals surface area (Å²) in [5.41, 5.74) is 1.01. The summed E-state index contributed by atoms with van der Waals surface area (Å²) in [6.07, 6.45) is 1.75. The number of esters is 1. The Balaban J connectivity index is 2.41. The van der Waals surface area contributed by atoms with Crippen LogP contribution in [0.4, 0.5) is 11.4 Å². The van der Waals surface area contributed by atoms with Gasteiger partial charge in [-0.25, -0.2) is 0 Å². The SMILES string of the molecule is COC(=O)CCN(C)c1ccc2ncccc2c1[N+](=O)[O-]. The Morgan fingerprint density at radius 2 is 2.19 bits per heavy atom. The van der Waals surface area contributed by atoms with Gasteiger partial charge in [-0.05, 0) is 24.3 Å². The third kappa shape index (κ3) is 3.07. The van der Waals surface area contributed by atoms with Gasteiger partial charge in [-0.15, -0.1) is 0 Å². The van der Waals surface area contributed by atoms with E-state index in [1.54, 1.807) is 42.4 Å². The highest BCUT2D eigenvalue weighted by molar-refractivity contribution is 5.94. The fraction of sp³-hybridized carbons (Fsp3) is 0.286. The Labute approximate surface area is 121 Å². The second-order valence-electron chi connectivity index (χ2n) is 4.51. The zero-order valence-electron chi connectivity index (χ0n) is 11.8. The van der Waals surface area contributed by atoms with Crippen LogP contribution in [0.15, 0.2) is 30.5 Å². The van der Waals surface area contributed by atoms with E-state index in [4.69, 9.17) is 0 Å². The minimum Gasteiger partial charge on any atom is -0.469 e. The maximum absolute atomic E-state index is 11.4. The van der Waals surface area contributed by atoms with Gasteiger partial charge >= 0.3 is 11.7 Å². The highest BCUT2D eigenvalue weighted by atomic mass is 16.6. The number of hydrogen-bond acceptors (Lipinski definition) is 6. The van der Waals surface area contributed by atoms with Crippen LogP contribution in [0.2, 0.25) is 0 Å². The third-order valence-electron chi connectivity index (χ3n) is 3.21. The molecule has 0 spiro atoms. The van der Waals surface area contributed by atoms with Crippen LogP contribution in [-0.4, -0.2) is 36.6 Å². The molecule has 0 bridgehead atoms. The largest absolute Gasteiger partial charge is 0.469 e. The minimum atomic E-state index is -0.423. The van der Waals surface area contributed by atoms with Crippen LogP contribution in [-0.2, 0) is 9.53 Å². The second-order valence-corrected chi connectivity index (χ2v) is 4.51. The lowest BCUT2D eigenvalue weighted by molar-refractivity contribution is -0.382. The van der Waals surface area contributed by atoms with Gasteiger partial charge in [0.05, 0.1) is 29.4 Å². The smallest absolute Gasteiger partial charge is 0.307 e. The van der Waals surface area contributed by atoms with Crippen molar-refractivity contribution >= 4 is 28.2 Å². The Morgan fingerprint density at radius 3 is 2.86 bits per heavy atom. The summed E-state index contributed by atoms with van der Waals surface area (Å²) in [6.45, 7) is 0.333. The molecule has 110 valence electrons. The number of fused-ring (bicyclic) bond motifs is 1. The van der Waals surface area contributed by atoms with Crippen LogP contribution in [0.5, 0.6) is 0 Å². The topological polar surface area (TPSA) is 85.6 Å². The summed E-state index contributed by atoms with van der Waals surface area (Å²) in [5, 5.41) is 11.9. The molecule has 1 aromatic carbocycles. The van der Waals surface area contributed by atoms with Crippen LogP contribution >= 0.6 is 0 Å². The van der Waals surface area contributed by atoms with Gasteiger partial charge in [0.25, 0.3) is 0 Å². The number of nitro benzene ring substituents is 1. The molecule has 1 aromatic heterocycles. The molecule has 0 N–H and O–H groups in total. The van der Waals surface area contributed by atoms with E-state index < -0.39 is 4.92 Å². The first kappa shape index (κ1) is 14.7.